The number of hydrogen-bond donors (Lipinski definition) is 2. The average Bonchev–Trinajstić information content (AvgIpc) is 2.40. The SMILES string of the molecule is Cc1ccc(N)c(NS(=O)(=O)C2CCOCC2)c1C. The fourth-order valence-corrected chi connectivity index (χ4v) is 3.72. The van der Waals surface area contributed by atoms with Crippen molar-refractivity contribution in [2.75, 3.05) is 23.7 Å². The molecule has 106 valence electrons. The zero-order valence-electron chi connectivity index (χ0n) is 11.3. The Morgan fingerprint density at radius 2 is 1.89 bits per heavy atom. The van der Waals surface area contributed by atoms with E-state index in [1.54, 1.807) is 6.07 Å². The van der Waals surface area contributed by atoms with Gasteiger partial charge in [-0.1, -0.05) is 6.07 Å². The Morgan fingerprint density at radius 1 is 1.26 bits per heavy atom. The van der Waals surface area contributed by atoms with E-state index in [4.69, 9.17) is 10.5 Å². The summed E-state index contributed by atoms with van der Waals surface area (Å²) in [5.41, 5.74) is 8.72. The minimum Gasteiger partial charge on any atom is -0.397 e. The normalized spacial score (nSPS) is 17.4. The summed E-state index contributed by atoms with van der Waals surface area (Å²) in [7, 11) is -3.41. The molecule has 2 rings (SSSR count). The molecule has 1 aliphatic heterocycles. The number of sulfonamides is 1. The summed E-state index contributed by atoms with van der Waals surface area (Å²) in [5.74, 6) is 0. The van der Waals surface area contributed by atoms with Crippen molar-refractivity contribution < 1.29 is 13.2 Å². The molecule has 1 fully saturated rings. The lowest BCUT2D eigenvalue weighted by Gasteiger charge is -2.24. The van der Waals surface area contributed by atoms with Crippen LogP contribution in [0.25, 0.3) is 0 Å². The fraction of sp³-hybridized carbons (Fsp3) is 0.538. The molecular weight excluding hydrogens is 264 g/mol. The maximum Gasteiger partial charge on any atom is 0.235 e. The molecular formula is C13H20N2O3S. The van der Waals surface area contributed by atoms with E-state index in [2.05, 4.69) is 4.72 Å². The van der Waals surface area contributed by atoms with Gasteiger partial charge in [-0.3, -0.25) is 4.72 Å². The monoisotopic (exact) mass is 284 g/mol. The van der Waals surface area contributed by atoms with Gasteiger partial charge in [-0.15, -0.1) is 0 Å². The Morgan fingerprint density at radius 3 is 2.53 bits per heavy atom. The van der Waals surface area contributed by atoms with Gasteiger partial charge in [0.1, 0.15) is 0 Å². The van der Waals surface area contributed by atoms with Gasteiger partial charge in [0.05, 0.1) is 16.6 Å². The summed E-state index contributed by atoms with van der Waals surface area (Å²) in [6.45, 7) is 4.79. The van der Waals surface area contributed by atoms with E-state index < -0.39 is 15.3 Å². The van der Waals surface area contributed by atoms with Crippen LogP contribution in [0.1, 0.15) is 24.0 Å². The molecule has 0 radical (unpaired) electrons. The molecule has 0 atom stereocenters. The number of anilines is 2. The molecule has 0 bridgehead atoms. The number of aryl methyl sites for hydroxylation is 1. The van der Waals surface area contributed by atoms with Crippen LogP contribution >= 0.6 is 0 Å². The summed E-state index contributed by atoms with van der Waals surface area (Å²) in [5, 5.41) is -0.402. The van der Waals surface area contributed by atoms with Crippen LogP contribution in [0, 0.1) is 13.8 Å². The number of hydrogen-bond acceptors (Lipinski definition) is 4. The molecule has 19 heavy (non-hydrogen) atoms. The average molecular weight is 284 g/mol. The minimum atomic E-state index is -3.41. The van der Waals surface area contributed by atoms with Gasteiger partial charge in [-0.2, -0.15) is 0 Å². The third-order valence-corrected chi connectivity index (χ3v) is 5.46. The molecule has 0 spiro atoms. The minimum absolute atomic E-state index is 0.402. The Labute approximate surface area is 114 Å². The predicted molar refractivity (Wildman–Crippen MR) is 76.7 cm³/mol. The molecule has 1 aromatic rings. The van der Waals surface area contributed by atoms with Crippen molar-refractivity contribution in [3.05, 3.63) is 23.3 Å². The topological polar surface area (TPSA) is 81.4 Å². The standard InChI is InChI=1S/C13H20N2O3S/c1-9-3-4-12(14)13(10(9)2)15-19(16,17)11-5-7-18-8-6-11/h3-4,11,15H,5-8,14H2,1-2H3. The Kier molecular flexibility index (Phi) is 4.01. The number of nitrogen functional groups attached to an aromatic ring is 1. The van der Waals surface area contributed by atoms with Crippen molar-refractivity contribution >= 4 is 21.4 Å². The second-order valence-corrected chi connectivity index (χ2v) is 6.89. The highest BCUT2D eigenvalue weighted by atomic mass is 32.2. The van der Waals surface area contributed by atoms with E-state index in [-0.39, 0.29) is 0 Å². The van der Waals surface area contributed by atoms with Crippen LogP contribution in [-0.4, -0.2) is 26.9 Å². The van der Waals surface area contributed by atoms with Gasteiger partial charge in [0, 0.05) is 13.2 Å². The lowest BCUT2D eigenvalue weighted by molar-refractivity contribution is 0.0984. The van der Waals surface area contributed by atoms with E-state index in [1.807, 2.05) is 19.9 Å². The van der Waals surface area contributed by atoms with E-state index in [1.165, 1.54) is 0 Å². The summed E-state index contributed by atoms with van der Waals surface area (Å²) < 4.78 is 32.5. The number of ether oxygens (including phenoxy) is 1. The lowest BCUT2D eigenvalue weighted by atomic mass is 10.1. The second-order valence-electron chi connectivity index (χ2n) is 4.93. The summed E-state index contributed by atoms with van der Waals surface area (Å²) >= 11 is 0. The highest BCUT2D eigenvalue weighted by Gasteiger charge is 2.28. The predicted octanol–water partition coefficient (Wildman–Crippen LogP) is 1.81. The van der Waals surface area contributed by atoms with E-state index >= 15 is 0 Å². The van der Waals surface area contributed by atoms with Crippen molar-refractivity contribution in [3.63, 3.8) is 0 Å². The van der Waals surface area contributed by atoms with Crippen LogP contribution < -0.4 is 10.5 Å². The van der Waals surface area contributed by atoms with Gasteiger partial charge in [-0.25, -0.2) is 8.42 Å². The number of benzene rings is 1. The molecule has 0 unspecified atom stereocenters. The smallest absolute Gasteiger partial charge is 0.235 e. The van der Waals surface area contributed by atoms with E-state index in [9.17, 15) is 8.42 Å². The third kappa shape index (κ3) is 3.01. The van der Waals surface area contributed by atoms with Crippen LogP contribution in [0.15, 0.2) is 12.1 Å². The highest BCUT2D eigenvalue weighted by molar-refractivity contribution is 7.93. The quantitative estimate of drug-likeness (QED) is 0.829. The molecule has 1 aromatic carbocycles. The molecule has 1 heterocycles. The zero-order chi connectivity index (χ0) is 14.0. The fourth-order valence-electron chi connectivity index (χ4n) is 2.18. The first-order valence-electron chi connectivity index (χ1n) is 6.37. The number of nitrogens with one attached hydrogen (secondary N) is 1. The number of rotatable bonds is 3. The summed E-state index contributed by atoms with van der Waals surface area (Å²) in [6, 6.07) is 3.61. The highest BCUT2D eigenvalue weighted by Crippen LogP contribution is 2.28. The van der Waals surface area contributed by atoms with Gasteiger partial charge < -0.3 is 10.5 Å². The van der Waals surface area contributed by atoms with Crippen molar-refractivity contribution in [1.82, 2.24) is 0 Å². The molecule has 5 nitrogen and oxygen atoms in total. The molecule has 1 aliphatic rings. The largest absolute Gasteiger partial charge is 0.397 e. The van der Waals surface area contributed by atoms with Gasteiger partial charge in [0.15, 0.2) is 0 Å². The first-order valence-corrected chi connectivity index (χ1v) is 7.91. The first kappa shape index (κ1) is 14.1. The van der Waals surface area contributed by atoms with Gasteiger partial charge in [0.2, 0.25) is 10.0 Å². The molecule has 0 aromatic heterocycles. The Bertz CT molecular complexity index is 563. The first-order chi connectivity index (χ1) is 8.92. The van der Waals surface area contributed by atoms with Gasteiger partial charge in [0.25, 0.3) is 0 Å². The van der Waals surface area contributed by atoms with Crippen LogP contribution in [0.5, 0.6) is 0 Å². The zero-order valence-corrected chi connectivity index (χ0v) is 12.1. The number of nitrogens with two attached hydrogens (primary N) is 1. The van der Waals surface area contributed by atoms with Crippen LogP contribution in [-0.2, 0) is 14.8 Å². The summed E-state index contributed by atoms with van der Waals surface area (Å²) in [4.78, 5) is 0. The second kappa shape index (κ2) is 5.38. The Balaban J connectivity index is 2.27. The van der Waals surface area contributed by atoms with Crippen LogP contribution in [0.2, 0.25) is 0 Å². The maximum absolute atomic E-state index is 12.3. The molecule has 1 saturated heterocycles. The summed E-state index contributed by atoms with van der Waals surface area (Å²) in [6.07, 6.45) is 1.06. The molecule has 6 heteroatoms. The van der Waals surface area contributed by atoms with E-state index in [0.29, 0.717) is 37.4 Å². The lowest BCUT2D eigenvalue weighted by Crippen LogP contribution is -2.33. The maximum atomic E-state index is 12.3. The van der Waals surface area contributed by atoms with Crippen molar-refractivity contribution in [2.45, 2.75) is 31.9 Å². The molecule has 0 saturated carbocycles. The molecule has 0 aliphatic carbocycles. The van der Waals surface area contributed by atoms with Crippen molar-refractivity contribution in [3.8, 4) is 0 Å². The van der Waals surface area contributed by atoms with Crippen LogP contribution in [0.3, 0.4) is 0 Å². The van der Waals surface area contributed by atoms with Gasteiger partial charge >= 0.3 is 0 Å². The van der Waals surface area contributed by atoms with E-state index in [0.717, 1.165) is 11.1 Å². The molecule has 0 amide bonds. The van der Waals surface area contributed by atoms with Crippen LogP contribution in [0.4, 0.5) is 11.4 Å². The third-order valence-electron chi connectivity index (χ3n) is 3.62. The van der Waals surface area contributed by atoms with Crippen molar-refractivity contribution in [1.29, 1.82) is 0 Å². The Hall–Kier alpha value is -1.27. The van der Waals surface area contributed by atoms with Gasteiger partial charge in [-0.05, 0) is 43.9 Å². The molecule has 3 N–H and O–H groups in total. The van der Waals surface area contributed by atoms with Crippen molar-refractivity contribution in [2.24, 2.45) is 0 Å².